The molecule has 0 aromatic heterocycles. The summed E-state index contributed by atoms with van der Waals surface area (Å²) in [6.07, 6.45) is 13.2. The molecule has 0 aromatic carbocycles. The highest BCUT2D eigenvalue weighted by Crippen LogP contribution is 2.76. The van der Waals surface area contributed by atoms with E-state index in [0.29, 0.717) is 55.6 Å². The molecule has 55 heavy (non-hydrogen) atoms. The highest BCUT2D eigenvalue weighted by Gasteiger charge is 2.71. The molecule has 1 heterocycles. The second-order valence-electron chi connectivity index (χ2n) is 22.4. The number of carboxylic acids is 1. The van der Waals surface area contributed by atoms with Crippen molar-refractivity contribution >= 4 is 21.8 Å². The largest absolute Gasteiger partial charge is 0.481 e. The number of nitrogens with two attached hydrogens (primary N) is 1. The molecular weight excluding hydrogens is 711 g/mol. The number of carbonyl (C=O) groups is 2. The van der Waals surface area contributed by atoms with Gasteiger partial charge in [0, 0.05) is 36.6 Å². The van der Waals surface area contributed by atoms with E-state index in [9.17, 15) is 23.1 Å². The minimum Gasteiger partial charge on any atom is -0.481 e. The lowest BCUT2D eigenvalue weighted by molar-refractivity contribution is -0.249. The predicted molar refractivity (Wildman–Crippen MR) is 218 cm³/mol. The minimum absolute atomic E-state index is 0.137. The topological polar surface area (TPSA) is 139 Å². The molecule has 1 aliphatic heterocycles. The van der Waals surface area contributed by atoms with Crippen LogP contribution in [-0.2, 0) is 24.2 Å². The van der Waals surface area contributed by atoms with E-state index in [1.807, 2.05) is 13.8 Å². The third-order valence-electron chi connectivity index (χ3n) is 19.5. The van der Waals surface area contributed by atoms with Crippen LogP contribution in [0.1, 0.15) is 139 Å². The lowest BCUT2D eigenvalue weighted by Crippen LogP contribution is -2.69. The van der Waals surface area contributed by atoms with E-state index in [2.05, 4.69) is 58.7 Å². The molecule has 7 aliphatic rings. The Morgan fingerprint density at radius 2 is 1.53 bits per heavy atom. The molecule has 0 bridgehead atoms. The predicted octanol–water partition coefficient (Wildman–Crippen LogP) is 7.17. The molecule has 9 nitrogen and oxygen atoms in total. The quantitative estimate of drug-likeness (QED) is 0.197. The number of hydrogen-bond donors (Lipinski definition) is 3. The van der Waals surface area contributed by atoms with Crippen LogP contribution in [0, 0.1) is 74.4 Å². The summed E-state index contributed by atoms with van der Waals surface area (Å²) < 4.78 is 30.7. The fraction of sp³-hybridized carbons (Fsp3) is 0.956. The first kappa shape index (κ1) is 41.9. The molecule has 6 aliphatic carbocycles. The summed E-state index contributed by atoms with van der Waals surface area (Å²) in [6, 6.07) is 0.219. The first-order valence-electron chi connectivity index (χ1n) is 22.4. The molecule has 0 radical (unpaired) electrons. The number of sulfone groups is 1. The van der Waals surface area contributed by atoms with Crippen LogP contribution in [0.2, 0.25) is 0 Å². The molecule has 6 saturated carbocycles. The lowest BCUT2D eigenvalue weighted by atomic mass is 9.32. The first-order chi connectivity index (χ1) is 25.6. The summed E-state index contributed by atoms with van der Waals surface area (Å²) in [7, 11) is -2.92. The van der Waals surface area contributed by atoms with Gasteiger partial charge < -0.3 is 20.9 Å². The van der Waals surface area contributed by atoms with Gasteiger partial charge in [-0.25, -0.2) is 8.42 Å². The van der Waals surface area contributed by atoms with Crippen LogP contribution >= 0.6 is 0 Å². The van der Waals surface area contributed by atoms with Crippen molar-refractivity contribution in [3.63, 3.8) is 0 Å². The normalized spacial score (nSPS) is 46.3. The van der Waals surface area contributed by atoms with Crippen molar-refractivity contribution in [1.82, 2.24) is 10.2 Å². The van der Waals surface area contributed by atoms with Crippen LogP contribution < -0.4 is 11.1 Å². The Hall–Kier alpha value is -1.23. The fourth-order valence-corrected chi connectivity index (χ4v) is 17.1. The smallest absolute Gasteiger partial charge is 0.309 e. The number of carboxylic acid groups (broad SMARTS) is 1. The molecule has 0 unspecified atom stereocenters. The lowest BCUT2D eigenvalue weighted by Gasteiger charge is -2.73. The molecule has 1 saturated heterocycles. The van der Waals surface area contributed by atoms with Gasteiger partial charge >= 0.3 is 11.9 Å². The maximum absolute atomic E-state index is 13.6. The van der Waals surface area contributed by atoms with E-state index < -0.39 is 27.1 Å². The Morgan fingerprint density at radius 3 is 2.15 bits per heavy atom. The van der Waals surface area contributed by atoms with Crippen molar-refractivity contribution in [3.8, 4) is 0 Å². The summed E-state index contributed by atoms with van der Waals surface area (Å²) in [5, 5.41) is 13.9. The van der Waals surface area contributed by atoms with Gasteiger partial charge in [0.2, 0.25) is 0 Å². The van der Waals surface area contributed by atoms with Crippen LogP contribution in [0.5, 0.6) is 0 Å². The van der Waals surface area contributed by atoms with Crippen LogP contribution in [0.15, 0.2) is 0 Å². The maximum atomic E-state index is 13.6. The first-order valence-corrected chi connectivity index (χ1v) is 24.2. The number of hydrogen-bond acceptors (Lipinski definition) is 8. The SMILES string of the molecule is CC(C)[C@@H]1CC[C@]2(NCC[C@H](CN)N3CCS(=O)(=O)CC3)CC[C@]3(C)[C@H](CC[C@@H]4[C@@]5(C)CC[C@H](OC(=O)[C@H]6C[C@@H](C(=O)O)C6(C)C)C(C)(C)[C@@H]5CC[C@]43C)[C@@H]12. The van der Waals surface area contributed by atoms with E-state index in [0.717, 1.165) is 31.7 Å². The van der Waals surface area contributed by atoms with Crippen LogP contribution in [-0.4, -0.2) is 85.7 Å². The second-order valence-corrected chi connectivity index (χ2v) is 24.7. The van der Waals surface area contributed by atoms with Gasteiger partial charge in [-0.2, -0.15) is 0 Å². The molecule has 13 atom stereocenters. The van der Waals surface area contributed by atoms with Crippen molar-refractivity contribution in [2.75, 3.05) is 37.7 Å². The highest BCUT2D eigenvalue weighted by atomic mass is 32.2. The monoisotopic (exact) mass is 788 g/mol. The Labute approximate surface area is 333 Å². The number of carbonyl (C=O) groups excluding carboxylic acids is 1. The Balaban J connectivity index is 1.07. The maximum Gasteiger partial charge on any atom is 0.309 e. The van der Waals surface area contributed by atoms with Gasteiger partial charge in [0.1, 0.15) is 6.10 Å². The third kappa shape index (κ3) is 6.49. The van der Waals surface area contributed by atoms with E-state index in [1.54, 1.807) is 0 Å². The van der Waals surface area contributed by atoms with Gasteiger partial charge in [-0.3, -0.25) is 14.5 Å². The molecule has 7 rings (SSSR count). The number of ether oxygens (including phenoxy) is 1. The van der Waals surface area contributed by atoms with Crippen LogP contribution in [0.3, 0.4) is 0 Å². The molecule has 10 heteroatoms. The Kier molecular flexibility index (Phi) is 10.8. The highest BCUT2D eigenvalue weighted by molar-refractivity contribution is 7.91. The zero-order valence-corrected chi connectivity index (χ0v) is 36.7. The number of nitrogens with zero attached hydrogens (tertiary/aromatic N) is 1. The molecule has 314 valence electrons. The van der Waals surface area contributed by atoms with Gasteiger partial charge in [-0.1, -0.05) is 62.3 Å². The van der Waals surface area contributed by atoms with Gasteiger partial charge in [0.15, 0.2) is 9.84 Å². The van der Waals surface area contributed by atoms with E-state index in [4.69, 9.17) is 10.5 Å². The van der Waals surface area contributed by atoms with E-state index in [1.165, 1.54) is 51.4 Å². The van der Waals surface area contributed by atoms with Gasteiger partial charge in [0.05, 0.1) is 23.3 Å². The Bertz CT molecular complexity index is 1580. The van der Waals surface area contributed by atoms with E-state index >= 15 is 0 Å². The average molecular weight is 788 g/mol. The molecule has 0 aromatic rings. The average Bonchev–Trinajstić information content (AvgIpc) is 3.48. The summed E-state index contributed by atoms with van der Waals surface area (Å²) >= 11 is 0. The Morgan fingerprint density at radius 1 is 0.836 bits per heavy atom. The minimum atomic E-state index is -2.92. The van der Waals surface area contributed by atoms with Crippen LogP contribution in [0.25, 0.3) is 0 Å². The third-order valence-corrected chi connectivity index (χ3v) is 21.1. The molecule has 7 fully saturated rings. The number of fused-ring (bicyclic) bond motifs is 7. The number of esters is 1. The zero-order valence-electron chi connectivity index (χ0n) is 35.9. The van der Waals surface area contributed by atoms with Gasteiger partial charge in [0.25, 0.3) is 0 Å². The van der Waals surface area contributed by atoms with Gasteiger partial charge in [-0.15, -0.1) is 0 Å². The van der Waals surface area contributed by atoms with Gasteiger partial charge in [-0.05, 0) is 141 Å². The summed E-state index contributed by atoms with van der Waals surface area (Å²) in [6.45, 7) is 24.2. The standard InChI is InChI=1S/C45H77N3O6S/c1-28(2)30-12-18-45(47-21-15-29(27-46)48-22-24-55(52,53)25-23-48)20-19-43(8)31(37(30)45)10-11-35-42(7)16-14-36(41(5,6)34(42)13-17-44(35,43)9)54-39(51)33-26-32(38(49)50)40(33,3)4/h28-37,47H,10-27,46H2,1-9H3,(H,49,50)/t29-,30+,31-,32+,33-,34+,35-,36+,37-,42+,43-,44-,45+/m1/s1. The molecule has 4 N–H and O–H groups in total. The van der Waals surface area contributed by atoms with Crippen molar-refractivity contribution in [2.24, 2.45) is 80.2 Å². The summed E-state index contributed by atoms with van der Waals surface area (Å²) in [5.41, 5.74) is 6.46. The zero-order chi connectivity index (χ0) is 40.1. The summed E-state index contributed by atoms with van der Waals surface area (Å²) in [4.78, 5) is 27.7. The second kappa shape index (κ2) is 14.2. The molecule has 0 amide bonds. The van der Waals surface area contributed by atoms with Crippen molar-refractivity contribution < 1.29 is 27.9 Å². The number of nitrogens with one attached hydrogen (secondary N) is 1. The molecule has 0 spiro atoms. The number of rotatable bonds is 10. The number of aliphatic carboxylic acids is 1. The fourth-order valence-electron chi connectivity index (χ4n) is 15.9. The summed E-state index contributed by atoms with van der Waals surface area (Å²) in [5.74, 6) is 2.50. The van der Waals surface area contributed by atoms with Crippen molar-refractivity contribution in [2.45, 2.75) is 157 Å². The van der Waals surface area contributed by atoms with Crippen LogP contribution in [0.4, 0.5) is 0 Å². The molecular formula is C45H77N3O6S. The van der Waals surface area contributed by atoms with Crippen molar-refractivity contribution in [3.05, 3.63) is 0 Å². The van der Waals surface area contributed by atoms with Crippen molar-refractivity contribution in [1.29, 1.82) is 0 Å². The van der Waals surface area contributed by atoms with E-state index in [-0.39, 0.29) is 62.7 Å².